The Morgan fingerprint density at radius 1 is 0.722 bits per heavy atom. The molecule has 0 aliphatic carbocycles. The van der Waals surface area contributed by atoms with Crippen molar-refractivity contribution in [3.8, 4) is 16.9 Å². The molecule has 15 heteroatoms. The van der Waals surface area contributed by atoms with Crippen molar-refractivity contribution >= 4 is 56.5 Å². The van der Waals surface area contributed by atoms with Crippen molar-refractivity contribution in [2.45, 2.75) is 76.4 Å². The van der Waals surface area contributed by atoms with Gasteiger partial charge in [0, 0.05) is 49.0 Å². The Bertz CT molecular complexity index is 2520. The van der Waals surface area contributed by atoms with Crippen LogP contribution in [0.2, 0.25) is 0 Å². The van der Waals surface area contributed by atoms with Crippen LogP contribution in [-0.4, -0.2) is 93.2 Å². The topological polar surface area (TPSA) is 189 Å². The van der Waals surface area contributed by atoms with Gasteiger partial charge in [-0.25, -0.2) is 24.9 Å². The van der Waals surface area contributed by atoms with Crippen LogP contribution in [0.15, 0.2) is 55.1 Å². The van der Waals surface area contributed by atoms with Gasteiger partial charge in [0.05, 0.1) is 23.4 Å². The average Bonchev–Trinajstić information content (AvgIpc) is 3.90. The number of aromatic nitrogens is 10. The third kappa shape index (κ3) is 5.60. The molecule has 0 bridgehead atoms. The van der Waals surface area contributed by atoms with Crippen LogP contribution >= 0.6 is 0 Å². The van der Waals surface area contributed by atoms with Crippen molar-refractivity contribution in [3.63, 3.8) is 0 Å². The van der Waals surface area contributed by atoms with E-state index in [4.69, 9.17) is 41.5 Å². The van der Waals surface area contributed by atoms with Gasteiger partial charge in [-0.05, 0) is 100 Å². The highest BCUT2D eigenvalue weighted by molar-refractivity contribution is 5.90. The largest absolute Gasteiger partial charge is 0.355 e. The predicted molar refractivity (Wildman–Crippen MR) is 211 cm³/mol. The van der Waals surface area contributed by atoms with Crippen molar-refractivity contribution in [1.82, 2.24) is 49.9 Å². The lowest BCUT2D eigenvalue weighted by Crippen LogP contribution is -2.48. The van der Waals surface area contributed by atoms with E-state index in [1.807, 2.05) is 17.0 Å². The zero-order chi connectivity index (χ0) is 36.8. The summed E-state index contributed by atoms with van der Waals surface area (Å²) in [6.07, 6.45) is 11.2. The first-order chi connectivity index (χ1) is 26.1. The highest BCUT2D eigenvalue weighted by Crippen LogP contribution is 2.41. The Balaban J connectivity index is 0.911. The molecule has 5 aromatic heterocycles. The lowest BCUT2D eigenvalue weighted by molar-refractivity contribution is 0.363. The number of nitrogens with two attached hydrogens (primary N) is 2. The van der Waals surface area contributed by atoms with Crippen LogP contribution in [0.3, 0.4) is 0 Å². The average molecular weight is 724 g/mol. The molecule has 3 aliphatic heterocycles. The van der Waals surface area contributed by atoms with Crippen molar-refractivity contribution in [3.05, 3.63) is 60.7 Å². The Kier molecular flexibility index (Phi) is 7.43. The number of aromatic amines is 2. The van der Waals surface area contributed by atoms with Crippen LogP contribution in [-0.2, 0) is 6.42 Å². The lowest BCUT2D eigenvalue weighted by Gasteiger charge is -2.37. The van der Waals surface area contributed by atoms with Crippen LogP contribution in [0.25, 0.3) is 50.3 Å². The minimum Gasteiger partial charge on any atom is -0.355 e. The number of fused-ring (bicyclic) bond motifs is 4. The molecule has 2 aromatic carbocycles. The van der Waals surface area contributed by atoms with E-state index in [0.717, 1.165) is 116 Å². The van der Waals surface area contributed by atoms with Crippen LogP contribution in [0, 0.1) is 0 Å². The summed E-state index contributed by atoms with van der Waals surface area (Å²) in [6.45, 7) is 9.94. The Labute approximate surface area is 312 Å². The minimum absolute atomic E-state index is 0.123. The van der Waals surface area contributed by atoms with Gasteiger partial charge in [-0.15, -0.1) is 0 Å². The van der Waals surface area contributed by atoms with Crippen LogP contribution in [0.1, 0.15) is 58.4 Å². The van der Waals surface area contributed by atoms with Gasteiger partial charge in [-0.1, -0.05) is 12.1 Å². The van der Waals surface area contributed by atoms with Gasteiger partial charge in [-0.2, -0.15) is 10.2 Å². The molecular weight excluding hydrogens is 679 g/mol. The van der Waals surface area contributed by atoms with E-state index >= 15 is 0 Å². The van der Waals surface area contributed by atoms with Gasteiger partial charge in [0.1, 0.15) is 18.0 Å². The third-order valence-corrected chi connectivity index (χ3v) is 11.9. The van der Waals surface area contributed by atoms with Crippen LogP contribution in [0.4, 0.5) is 23.1 Å². The van der Waals surface area contributed by atoms with E-state index in [2.05, 4.69) is 87.2 Å². The fourth-order valence-electron chi connectivity index (χ4n) is 8.31. The summed E-state index contributed by atoms with van der Waals surface area (Å²) in [5.41, 5.74) is 21.8. The molecule has 1 unspecified atom stereocenters. The molecule has 7 aromatic rings. The van der Waals surface area contributed by atoms with Gasteiger partial charge in [0.25, 0.3) is 0 Å². The number of nitrogens with one attached hydrogen (secondary N) is 2. The predicted octanol–water partition coefficient (Wildman–Crippen LogP) is 5.13. The highest BCUT2D eigenvalue weighted by Gasteiger charge is 2.31. The molecule has 6 N–H and O–H groups in total. The maximum Gasteiger partial charge on any atom is 0.188 e. The number of rotatable bonds is 5. The molecule has 3 aliphatic rings. The van der Waals surface area contributed by atoms with Gasteiger partial charge < -0.3 is 26.2 Å². The molecule has 0 radical (unpaired) electrons. The fourth-order valence-corrected chi connectivity index (χ4v) is 8.31. The summed E-state index contributed by atoms with van der Waals surface area (Å²) >= 11 is 0. The quantitative estimate of drug-likeness (QED) is 0.184. The first-order valence-electron chi connectivity index (χ1n) is 19.0. The van der Waals surface area contributed by atoms with Crippen molar-refractivity contribution in [2.75, 3.05) is 40.9 Å². The molecule has 0 saturated carbocycles. The monoisotopic (exact) mass is 723 g/mol. The number of piperidine rings is 2. The molecule has 1 atom stereocenters. The number of hydrogen-bond donors (Lipinski definition) is 4. The number of aryl methyl sites for hydroxylation is 1. The molecule has 10 rings (SSSR count). The molecule has 276 valence electrons. The van der Waals surface area contributed by atoms with E-state index in [-0.39, 0.29) is 17.1 Å². The summed E-state index contributed by atoms with van der Waals surface area (Å²) in [6, 6.07) is 13.3. The maximum absolute atomic E-state index is 6.37. The van der Waals surface area contributed by atoms with Crippen LogP contribution < -0.4 is 26.2 Å². The minimum atomic E-state index is -0.128. The van der Waals surface area contributed by atoms with Crippen LogP contribution in [0.5, 0.6) is 0 Å². The maximum atomic E-state index is 6.37. The second kappa shape index (κ2) is 12.2. The van der Waals surface area contributed by atoms with Gasteiger partial charge in [-0.3, -0.25) is 14.8 Å². The second-order valence-electron chi connectivity index (χ2n) is 16.1. The second-order valence-corrected chi connectivity index (χ2v) is 16.1. The molecule has 0 spiro atoms. The van der Waals surface area contributed by atoms with Crippen molar-refractivity contribution < 1.29 is 0 Å². The number of anilines is 4. The lowest BCUT2D eigenvalue weighted by atomic mass is 9.91. The molecule has 15 nitrogen and oxygen atoms in total. The standard InChI is InChI=1S/C39H45N15/c1-23-4-5-26-18-24(6-8-28(26)54(23)37-33-35(48-50-37)46-31(21-43-33)52-16-12-39(3,41)13-17-52)25-7-9-29-27(19-25)44-22-53(29)36-32-34(47-49-36)45-30(20-42-32)51-14-10-38(2,40)11-15-51/h6-9,18-23H,4-5,10-17,40-41H2,1-3H3,(H,45,47,49)(H,46,48,50). The van der Waals surface area contributed by atoms with Crippen molar-refractivity contribution in [1.29, 1.82) is 0 Å². The molecule has 2 saturated heterocycles. The Morgan fingerprint density at radius 2 is 1.30 bits per heavy atom. The van der Waals surface area contributed by atoms with Gasteiger partial charge in [0.2, 0.25) is 0 Å². The molecule has 0 amide bonds. The Morgan fingerprint density at radius 3 is 1.94 bits per heavy atom. The summed E-state index contributed by atoms with van der Waals surface area (Å²) in [5, 5.41) is 15.7. The summed E-state index contributed by atoms with van der Waals surface area (Å²) < 4.78 is 1.97. The summed E-state index contributed by atoms with van der Waals surface area (Å²) in [5.74, 6) is 3.18. The SMILES string of the molecule is CC1CCc2cc(-c3ccc4c(c3)ncn4-c3n[nH]c4nc(N5CCC(C)(N)CC5)cnc34)ccc2N1c1n[nH]c2nc(N3CCC(C)(N)CC3)cnc12. The van der Waals surface area contributed by atoms with Crippen molar-refractivity contribution in [2.24, 2.45) is 11.5 Å². The fraction of sp³-hybridized carbons (Fsp3) is 0.410. The molecular formula is C39H45N15. The van der Waals surface area contributed by atoms with Gasteiger partial charge in [0.15, 0.2) is 34.0 Å². The van der Waals surface area contributed by atoms with Gasteiger partial charge >= 0.3 is 0 Å². The first-order valence-corrected chi connectivity index (χ1v) is 19.0. The zero-order valence-electron chi connectivity index (χ0n) is 30.9. The normalized spacial score (nSPS) is 19.9. The molecule has 54 heavy (non-hydrogen) atoms. The Hall–Kier alpha value is -5.67. The molecule has 8 heterocycles. The third-order valence-electron chi connectivity index (χ3n) is 11.9. The van der Waals surface area contributed by atoms with E-state index in [1.165, 1.54) is 5.56 Å². The summed E-state index contributed by atoms with van der Waals surface area (Å²) in [7, 11) is 0. The van der Waals surface area contributed by atoms with E-state index < -0.39 is 0 Å². The summed E-state index contributed by atoms with van der Waals surface area (Å²) in [4.78, 5) is 31.1. The highest BCUT2D eigenvalue weighted by atomic mass is 15.3. The number of hydrogen-bond acceptors (Lipinski definition) is 12. The van der Waals surface area contributed by atoms with E-state index in [9.17, 15) is 0 Å². The number of nitrogens with zero attached hydrogens (tertiary/aromatic N) is 11. The zero-order valence-corrected chi connectivity index (χ0v) is 30.9. The number of H-pyrrole nitrogens is 2. The number of benzene rings is 2. The smallest absolute Gasteiger partial charge is 0.188 e. The first kappa shape index (κ1) is 32.9. The van der Waals surface area contributed by atoms with E-state index in [0.29, 0.717) is 22.6 Å². The number of imidazole rings is 1. The molecule has 2 fully saturated rings. The van der Waals surface area contributed by atoms with E-state index in [1.54, 1.807) is 6.33 Å².